The molecule has 0 unspecified atom stereocenters. The molecule has 0 aliphatic carbocycles. The van der Waals surface area contributed by atoms with Crippen molar-refractivity contribution in [2.45, 2.75) is 65.1 Å². The van der Waals surface area contributed by atoms with Crippen LogP contribution in [0.4, 0.5) is 5.82 Å². The average molecular weight is 261 g/mol. The van der Waals surface area contributed by atoms with Crippen LogP contribution in [0, 0.1) is 0 Å². The van der Waals surface area contributed by atoms with Crippen LogP contribution in [0.1, 0.15) is 58.6 Å². The fourth-order valence-electron chi connectivity index (χ4n) is 2.81. The van der Waals surface area contributed by atoms with Gasteiger partial charge in [-0.2, -0.15) is 0 Å². The summed E-state index contributed by atoms with van der Waals surface area (Å²) in [6.07, 6.45) is 5.73. The third-order valence-electron chi connectivity index (χ3n) is 4.14. The molecule has 2 rings (SSSR count). The molecule has 1 aromatic rings. The number of likely N-dealkylation sites (tertiary alicyclic amines) is 1. The number of nitrogens with one attached hydrogen (secondary N) is 1. The van der Waals surface area contributed by atoms with Crippen LogP contribution in [0.2, 0.25) is 0 Å². The first-order chi connectivity index (χ1) is 9.11. The van der Waals surface area contributed by atoms with Crippen LogP contribution in [0.15, 0.2) is 18.3 Å². The van der Waals surface area contributed by atoms with Crippen LogP contribution in [-0.4, -0.2) is 28.5 Å². The molecule has 1 aromatic heterocycles. The molecule has 19 heavy (non-hydrogen) atoms. The Morgan fingerprint density at radius 3 is 2.74 bits per heavy atom. The van der Waals surface area contributed by atoms with Crippen LogP contribution in [-0.2, 0) is 0 Å². The molecule has 2 heterocycles. The topological polar surface area (TPSA) is 28.2 Å². The fraction of sp³-hybridized carbons (Fsp3) is 0.688. The highest BCUT2D eigenvalue weighted by atomic mass is 15.2. The van der Waals surface area contributed by atoms with Crippen LogP contribution < -0.4 is 5.32 Å². The van der Waals surface area contributed by atoms with Gasteiger partial charge in [-0.3, -0.25) is 4.90 Å². The summed E-state index contributed by atoms with van der Waals surface area (Å²) in [4.78, 5) is 7.15. The SMILES string of the molecule is CC[C@H](C)Nc1ccc([C@H]2CCCN2C(C)C)cn1. The Morgan fingerprint density at radius 1 is 1.37 bits per heavy atom. The van der Waals surface area contributed by atoms with E-state index in [4.69, 9.17) is 0 Å². The number of nitrogens with zero attached hydrogens (tertiary/aromatic N) is 2. The van der Waals surface area contributed by atoms with E-state index in [0.29, 0.717) is 18.1 Å². The van der Waals surface area contributed by atoms with Crippen molar-refractivity contribution in [3.63, 3.8) is 0 Å². The molecule has 1 saturated heterocycles. The number of pyridine rings is 1. The van der Waals surface area contributed by atoms with E-state index >= 15 is 0 Å². The summed E-state index contributed by atoms with van der Waals surface area (Å²) < 4.78 is 0. The molecule has 3 nitrogen and oxygen atoms in total. The zero-order valence-corrected chi connectivity index (χ0v) is 12.7. The van der Waals surface area contributed by atoms with Crippen molar-refractivity contribution in [1.82, 2.24) is 9.88 Å². The second kappa shape index (κ2) is 6.38. The van der Waals surface area contributed by atoms with E-state index in [1.165, 1.54) is 24.9 Å². The Morgan fingerprint density at radius 2 is 2.16 bits per heavy atom. The molecule has 1 aliphatic rings. The van der Waals surface area contributed by atoms with E-state index in [1.807, 2.05) is 0 Å². The van der Waals surface area contributed by atoms with Crippen LogP contribution >= 0.6 is 0 Å². The first kappa shape index (κ1) is 14.3. The summed E-state index contributed by atoms with van der Waals surface area (Å²) in [5.41, 5.74) is 1.36. The normalized spacial score (nSPS) is 21.8. The molecule has 1 fully saturated rings. The molecule has 106 valence electrons. The van der Waals surface area contributed by atoms with Crippen molar-refractivity contribution in [2.75, 3.05) is 11.9 Å². The van der Waals surface area contributed by atoms with Gasteiger partial charge in [-0.05, 0) is 58.2 Å². The monoisotopic (exact) mass is 261 g/mol. The van der Waals surface area contributed by atoms with Crippen molar-refractivity contribution in [3.05, 3.63) is 23.9 Å². The molecule has 0 bridgehead atoms. The van der Waals surface area contributed by atoms with Gasteiger partial charge in [0.05, 0.1) is 0 Å². The summed E-state index contributed by atoms with van der Waals surface area (Å²) in [6, 6.07) is 6.02. The van der Waals surface area contributed by atoms with Gasteiger partial charge in [-0.25, -0.2) is 4.98 Å². The van der Waals surface area contributed by atoms with Crippen LogP contribution in [0.5, 0.6) is 0 Å². The number of aromatic nitrogens is 1. The summed E-state index contributed by atoms with van der Waals surface area (Å²) in [5.74, 6) is 0.993. The van der Waals surface area contributed by atoms with E-state index in [1.54, 1.807) is 0 Å². The number of hydrogen-bond acceptors (Lipinski definition) is 3. The maximum Gasteiger partial charge on any atom is 0.126 e. The summed E-state index contributed by atoms with van der Waals surface area (Å²) in [7, 11) is 0. The van der Waals surface area contributed by atoms with E-state index in [-0.39, 0.29) is 0 Å². The zero-order chi connectivity index (χ0) is 13.8. The molecule has 1 N–H and O–H groups in total. The van der Waals surface area contributed by atoms with Gasteiger partial charge in [-0.1, -0.05) is 13.0 Å². The third-order valence-corrected chi connectivity index (χ3v) is 4.14. The van der Waals surface area contributed by atoms with Gasteiger partial charge in [0.25, 0.3) is 0 Å². The molecular formula is C16H27N3. The Labute approximate surface area is 117 Å². The minimum Gasteiger partial charge on any atom is -0.368 e. The van der Waals surface area contributed by atoms with E-state index in [0.717, 1.165) is 12.2 Å². The highest BCUT2D eigenvalue weighted by Gasteiger charge is 2.27. The van der Waals surface area contributed by atoms with Crippen molar-refractivity contribution < 1.29 is 0 Å². The second-order valence-electron chi connectivity index (χ2n) is 5.92. The predicted octanol–water partition coefficient (Wildman–Crippen LogP) is 3.84. The van der Waals surface area contributed by atoms with Gasteiger partial charge in [0.2, 0.25) is 0 Å². The van der Waals surface area contributed by atoms with Crippen LogP contribution in [0.3, 0.4) is 0 Å². The predicted molar refractivity (Wildman–Crippen MR) is 81.4 cm³/mol. The molecule has 0 aromatic carbocycles. The quantitative estimate of drug-likeness (QED) is 0.873. The van der Waals surface area contributed by atoms with E-state index in [9.17, 15) is 0 Å². The van der Waals surface area contributed by atoms with Crippen LogP contribution in [0.25, 0.3) is 0 Å². The highest BCUT2D eigenvalue weighted by Crippen LogP contribution is 2.33. The molecule has 0 amide bonds. The number of rotatable bonds is 5. The lowest BCUT2D eigenvalue weighted by molar-refractivity contribution is 0.205. The Hall–Kier alpha value is -1.09. The maximum atomic E-state index is 4.57. The Bertz CT molecular complexity index is 385. The Kier molecular flexibility index (Phi) is 4.81. The second-order valence-corrected chi connectivity index (χ2v) is 5.92. The maximum absolute atomic E-state index is 4.57. The van der Waals surface area contributed by atoms with Crippen molar-refractivity contribution in [2.24, 2.45) is 0 Å². The molecule has 0 spiro atoms. The van der Waals surface area contributed by atoms with E-state index < -0.39 is 0 Å². The molecule has 0 saturated carbocycles. The first-order valence-corrected chi connectivity index (χ1v) is 7.60. The van der Waals surface area contributed by atoms with Crippen molar-refractivity contribution in [1.29, 1.82) is 0 Å². The lowest BCUT2D eigenvalue weighted by atomic mass is 10.1. The average Bonchev–Trinajstić information content (AvgIpc) is 2.89. The Balaban J connectivity index is 2.05. The van der Waals surface area contributed by atoms with Crippen molar-refractivity contribution >= 4 is 5.82 Å². The molecule has 3 heteroatoms. The van der Waals surface area contributed by atoms with Crippen molar-refractivity contribution in [3.8, 4) is 0 Å². The van der Waals surface area contributed by atoms with Gasteiger partial charge in [0.1, 0.15) is 5.82 Å². The molecular weight excluding hydrogens is 234 g/mol. The van der Waals surface area contributed by atoms with Gasteiger partial charge in [-0.15, -0.1) is 0 Å². The third kappa shape index (κ3) is 3.47. The summed E-state index contributed by atoms with van der Waals surface area (Å²) in [6.45, 7) is 10.2. The summed E-state index contributed by atoms with van der Waals surface area (Å²) in [5, 5.41) is 3.42. The number of anilines is 1. The van der Waals surface area contributed by atoms with E-state index in [2.05, 4.69) is 61.2 Å². The minimum atomic E-state index is 0.483. The standard InChI is InChI=1S/C16H27N3/c1-5-13(4)18-16-9-8-14(11-17-16)15-7-6-10-19(15)12(2)3/h8-9,11-13,15H,5-7,10H2,1-4H3,(H,17,18)/t13-,15+/m0/s1. The largest absolute Gasteiger partial charge is 0.368 e. The lowest BCUT2D eigenvalue weighted by Gasteiger charge is -2.28. The lowest BCUT2D eigenvalue weighted by Crippen LogP contribution is -2.30. The highest BCUT2D eigenvalue weighted by molar-refractivity contribution is 5.37. The fourth-order valence-corrected chi connectivity index (χ4v) is 2.81. The zero-order valence-electron chi connectivity index (χ0n) is 12.7. The number of hydrogen-bond donors (Lipinski definition) is 1. The van der Waals surface area contributed by atoms with Gasteiger partial charge < -0.3 is 5.32 Å². The summed E-state index contributed by atoms with van der Waals surface area (Å²) >= 11 is 0. The van der Waals surface area contributed by atoms with Gasteiger partial charge >= 0.3 is 0 Å². The van der Waals surface area contributed by atoms with Gasteiger partial charge in [0.15, 0.2) is 0 Å². The van der Waals surface area contributed by atoms with Gasteiger partial charge in [0, 0.05) is 24.3 Å². The first-order valence-electron chi connectivity index (χ1n) is 7.60. The smallest absolute Gasteiger partial charge is 0.126 e. The minimum absolute atomic E-state index is 0.483. The molecule has 0 radical (unpaired) electrons. The molecule has 2 atom stereocenters. The molecule has 1 aliphatic heterocycles.